The normalized spacial score (nSPS) is 18.9. The third kappa shape index (κ3) is 2.35. The fraction of sp³-hybridized carbons (Fsp3) is 0.625. The fourth-order valence-corrected chi connectivity index (χ4v) is 1.02. The molecule has 0 aromatic heterocycles. The molecule has 0 aromatic rings. The lowest BCUT2D eigenvalue weighted by molar-refractivity contribution is -0.115. The molecular weight excluding hydrogens is 142 g/mol. The molecule has 1 rings (SSSR count). The van der Waals surface area contributed by atoms with E-state index in [-0.39, 0.29) is 11.8 Å². The monoisotopic (exact) mass is 155 g/mol. The summed E-state index contributed by atoms with van der Waals surface area (Å²) >= 11 is 0. The van der Waals surface area contributed by atoms with Crippen LogP contribution in [0.3, 0.4) is 0 Å². The molecule has 1 unspecified atom stereocenters. The van der Waals surface area contributed by atoms with Gasteiger partial charge in [-0.3, -0.25) is 4.79 Å². The van der Waals surface area contributed by atoms with Gasteiger partial charge in [-0.1, -0.05) is 0 Å². The molecule has 3 nitrogen and oxygen atoms in total. The molecule has 1 heterocycles. The highest BCUT2D eigenvalue weighted by Gasteiger charge is 2.15. The van der Waals surface area contributed by atoms with Crippen LogP contribution in [0.25, 0.3) is 0 Å². The summed E-state index contributed by atoms with van der Waals surface area (Å²) in [5, 5.41) is 0. The number of Topliss-reactive ketones (excluding diaryl/α,β-unsaturated/α-hetero) is 1. The van der Waals surface area contributed by atoms with Crippen LogP contribution in [0.5, 0.6) is 0 Å². The highest BCUT2D eigenvalue weighted by atomic mass is 16.5. The number of ether oxygens (including phenoxy) is 1. The second-order valence-corrected chi connectivity index (χ2v) is 2.87. The Bertz CT molecular complexity index is 185. The zero-order chi connectivity index (χ0) is 8.27. The molecule has 2 N–H and O–H groups in total. The van der Waals surface area contributed by atoms with Crippen molar-refractivity contribution in [3.05, 3.63) is 11.8 Å². The molecule has 3 heteroatoms. The second kappa shape index (κ2) is 3.53. The van der Waals surface area contributed by atoms with Crippen molar-refractivity contribution in [1.82, 2.24) is 0 Å². The van der Waals surface area contributed by atoms with Crippen molar-refractivity contribution >= 4 is 5.78 Å². The summed E-state index contributed by atoms with van der Waals surface area (Å²) < 4.78 is 4.94. The molecule has 0 aromatic carbocycles. The van der Waals surface area contributed by atoms with Crippen molar-refractivity contribution in [2.24, 2.45) is 5.73 Å². The van der Waals surface area contributed by atoms with Crippen molar-refractivity contribution in [2.75, 3.05) is 6.61 Å². The van der Waals surface area contributed by atoms with Gasteiger partial charge in [-0.15, -0.1) is 0 Å². The quantitative estimate of drug-likeness (QED) is 0.649. The van der Waals surface area contributed by atoms with Gasteiger partial charge in [0.05, 0.1) is 12.9 Å². The first-order chi connectivity index (χ1) is 5.20. The molecule has 0 saturated heterocycles. The third-order valence-electron chi connectivity index (χ3n) is 1.58. The van der Waals surface area contributed by atoms with Crippen LogP contribution in [0.4, 0.5) is 0 Å². The zero-order valence-corrected chi connectivity index (χ0v) is 6.67. The lowest BCUT2D eigenvalue weighted by Gasteiger charge is -2.02. The first-order valence-electron chi connectivity index (χ1n) is 3.79. The number of rotatable bonds is 3. The predicted molar refractivity (Wildman–Crippen MR) is 41.9 cm³/mol. The topological polar surface area (TPSA) is 52.3 Å². The van der Waals surface area contributed by atoms with Crippen molar-refractivity contribution < 1.29 is 9.53 Å². The van der Waals surface area contributed by atoms with E-state index >= 15 is 0 Å². The number of ketones is 1. The van der Waals surface area contributed by atoms with Gasteiger partial charge >= 0.3 is 0 Å². The number of carbonyl (C=O) groups excluding carboxylic acids is 1. The van der Waals surface area contributed by atoms with Gasteiger partial charge in [-0.05, 0) is 6.92 Å². The summed E-state index contributed by atoms with van der Waals surface area (Å²) in [4.78, 5) is 11.2. The van der Waals surface area contributed by atoms with Crippen LogP contribution in [-0.4, -0.2) is 18.4 Å². The molecule has 0 spiro atoms. The number of carbonyl (C=O) groups is 1. The van der Waals surface area contributed by atoms with Crippen molar-refractivity contribution in [1.29, 1.82) is 0 Å². The SMILES string of the molecule is CC(N)CC(=O)C1=COCC1. The van der Waals surface area contributed by atoms with E-state index in [1.807, 2.05) is 6.92 Å². The van der Waals surface area contributed by atoms with Crippen molar-refractivity contribution in [3.8, 4) is 0 Å². The van der Waals surface area contributed by atoms with E-state index in [2.05, 4.69) is 0 Å². The summed E-state index contributed by atoms with van der Waals surface area (Å²) in [6, 6.07) is -0.0519. The van der Waals surface area contributed by atoms with Gasteiger partial charge in [0.15, 0.2) is 5.78 Å². The van der Waals surface area contributed by atoms with Gasteiger partial charge in [-0.2, -0.15) is 0 Å². The average Bonchev–Trinajstić information content (AvgIpc) is 2.35. The Kier molecular flexibility index (Phi) is 2.65. The predicted octanol–water partition coefficient (Wildman–Crippen LogP) is 0.597. The van der Waals surface area contributed by atoms with E-state index in [1.54, 1.807) is 6.26 Å². The number of nitrogens with two attached hydrogens (primary N) is 1. The standard InChI is InChI=1S/C8H13NO2/c1-6(9)4-8(10)7-2-3-11-5-7/h5-6H,2-4,9H2,1H3. The minimum absolute atomic E-state index is 0.0519. The first kappa shape index (κ1) is 8.27. The van der Waals surface area contributed by atoms with E-state index in [4.69, 9.17) is 10.5 Å². The first-order valence-corrected chi connectivity index (χ1v) is 3.79. The van der Waals surface area contributed by atoms with Crippen LogP contribution in [-0.2, 0) is 9.53 Å². The molecule has 11 heavy (non-hydrogen) atoms. The van der Waals surface area contributed by atoms with E-state index < -0.39 is 0 Å². The molecule has 1 aliphatic heterocycles. The summed E-state index contributed by atoms with van der Waals surface area (Å²) in [7, 11) is 0. The maximum Gasteiger partial charge on any atom is 0.163 e. The molecule has 0 amide bonds. The lowest BCUT2D eigenvalue weighted by atomic mass is 10.1. The Morgan fingerprint density at radius 3 is 3.09 bits per heavy atom. The van der Waals surface area contributed by atoms with Gasteiger partial charge in [-0.25, -0.2) is 0 Å². The molecule has 0 bridgehead atoms. The van der Waals surface area contributed by atoms with Gasteiger partial charge in [0.1, 0.15) is 0 Å². The van der Waals surface area contributed by atoms with Crippen LogP contribution >= 0.6 is 0 Å². The Labute approximate surface area is 66.2 Å². The van der Waals surface area contributed by atoms with Gasteiger partial charge in [0, 0.05) is 24.5 Å². The zero-order valence-electron chi connectivity index (χ0n) is 6.67. The van der Waals surface area contributed by atoms with Crippen molar-refractivity contribution in [2.45, 2.75) is 25.8 Å². The number of hydrogen-bond acceptors (Lipinski definition) is 3. The van der Waals surface area contributed by atoms with Gasteiger partial charge in [0.2, 0.25) is 0 Å². The average molecular weight is 155 g/mol. The van der Waals surface area contributed by atoms with Crippen LogP contribution < -0.4 is 5.73 Å². The number of hydrogen-bond donors (Lipinski definition) is 1. The van der Waals surface area contributed by atoms with Crippen LogP contribution in [0.2, 0.25) is 0 Å². The van der Waals surface area contributed by atoms with Crippen LogP contribution in [0.15, 0.2) is 11.8 Å². The Balaban J connectivity index is 2.41. The Hall–Kier alpha value is -0.830. The van der Waals surface area contributed by atoms with E-state index in [0.717, 1.165) is 12.0 Å². The van der Waals surface area contributed by atoms with E-state index in [0.29, 0.717) is 13.0 Å². The molecular formula is C8H13NO2. The van der Waals surface area contributed by atoms with Crippen molar-refractivity contribution in [3.63, 3.8) is 0 Å². The van der Waals surface area contributed by atoms with Crippen LogP contribution in [0.1, 0.15) is 19.8 Å². The molecule has 0 fully saturated rings. The fourth-order valence-electron chi connectivity index (χ4n) is 1.02. The lowest BCUT2D eigenvalue weighted by Crippen LogP contribution is -2.20. The van der Waals surface area contributed by atoms with E-state index in [1.165, 1.54) is 0 Å². The summed E-state index contributed by atoms with van der Waals surface area (Å²) in [5.41, 5.74) is 6.25. The smallest absolute Gasteiger partial charge is 0.163 e. The summed E-state index contributed by atoms with van der Waals surface area (Å²) in [5.74, 6) is 0.123. The van der Waals surface area contributed by atoms with E-state index in [9.17, 15) is 4.79 Å². The largest absolute Gasteiger partial charge is 0.500 e. The van der Waals surface area contributed by atoms with Gasteiger partial charge < -0.3 is 10.5 Å². The van der Waals surface area contributed by atoms with Crippen LogP contribution in [0, 0.1) is 0 Å². The minimum Gasteiger partial charge on any atom is -0.500 e. The molecule has 1 aliphatic rings. The highest BCUT2D eigenvalue weighted by molar-refractivity contribution is 5.95. The molecule has 0 saturated carbocycles. The van der Waals surface area contributed by atoms with Gasteiger partial charge in [0.25, 0.3) is 0 Å². The Morgan fingerprint density at radius 1 is 1.91 bits per heavy atom. The minimum atomic E-state index is -0.0519. The second-order valence-electron chi connectivity index (χ2n) is 2.87. The third-order valence-corrected chi connectivity index (χ3v) is 1.58. The maximum absolute atomic E-state index is 11.2. The molecule has 1 atom stereocenters. The summed E-state index contributed by atoms with van der Waals surface area (Å²) in [6.45, 7) is 2.47. The Morgan fingerprint density at radius 2 is 2.64 bits per heavy atom. The summed E-state index contributed by atoms with van der Waals surface area (Å²) in [6.07, 6.45) is 2.71. The highest BCUT2D eigenvalue weighted by Crippen LogP contribution is 2.13. The molecule has 0 aliphatic carbocycles. The molecule has 0 radical (unpaired) electrons. The molecule has 62 valence electrons. The maximum atomic E-state index is 11.2.